The highest BCUT2D eigenvalue weighted by molar-refractivity contribution is 7.91. The van der Waals surface area contributed by atoms with Crippen LogP contribution in [0.1, 0.15) is 67.3 Å². The van der Waals surface area contributed by atoms with E-state index in [2.05, 4.69) is 15.2 Å². The van der Waals surface area contributed by atoms with Gasteiger partial charge in [0.15, 0.2) is 11.5 Å². The Kier molecular flexibility index (Phi) is 9.78. The van der Waals surface area contributed by atoms with Gasteiger partial charge in [-0.2, -0.15) is 27.1 Å². The summed E-state index contributed by atoms with van der Waals surface area (Å²) in [6.45, 7) is 0.00225. The molecule has 0 aliphatic heterocycles. The monoisotopic (exact) mass is 627 g/mol. The maximum atomic E-state index is 13.4. The van der Waals surface area contributed by atoms with Gasteiger partial charge in [-0.25, -0.2) is 8.42 Å². The number of ether oxygens (including phenoxy) is 1. The van der Waals surface area contributed by atoms with E-state index in [1.807, 2.05) is 0 Å². The van der Waals surface area contributed by atoms with Crippen molar-refractivity contribution < 1.29 is 44.7 Å². The molecule has 0 radical (unpaired) electrons. The second-order valence-corrected chi connectivity index (χ2v) is 13.3. The van der Waals surface area contributed by atoms with Crippen LogP contribution in [0.15, 0.2) is 18.2 Å². The third kappa shape index (κ3) is 7.19. The third-order valence-electron chi connectivity index (χ3n) is 7.35. The molecular weight excluding hydrogens is 597 g/mol. The minimum absolute atomic E-state index is 0.00212. The number of aromatic nitrogens is 2. The zero-order chi connectivity index (χ0) is 30.9. The highest BCUT2D eigenvalue weighted by Crippen LogP contribution is 2.43. The molecule has 3 rings (SSSR count). The van der Waals surface area contributed by atoms with E-state index in [0.717, 1.165) is 18.2 Å². The average Bonchev–Trinajstić information content (AvgIpc) is 3.21. The summed E-state index contributed by atoms with van der Waals surface area (Å²) in [6.07, 6.45) is -1.52. The minimum Gasteiger partial charge on any atom is -0.434 e. The first kappa shape index (κ1) is 32.8. The summed E-state index contributed by atoms with van der Waals surface area (Å²) in [5.41, 5.74) is -3.63. The summed E-state index contributed by atoms with van der Waals surface area (Å²) in [5.74, 6) is -2.57. The number of nitrogens with zero attached hydrogens (tertiary/aromatic N) is 2. The quantitative estimate of drug-likeness (QED) is 0.259. The Hall–Kier alpha value is -2.74. The number of nitrogens with one attached hydrogen (secondary N) is 1. The Morgan fingerprint density at radius 2 is 1.78 bits per heavy atom. The minimum atomic E-state index is -4.90. The van der Waals surface area contributed by atoms with Gasteiger partial charge in [-0.1, -0.05) is 17.7 Å². The highest BCUT2D eigenvalue weighted by atomic mass is 35.5. The van der Waals surface area contributed by atoms with Gasteiger partial charge in [-0.15, -0.1) is 0 Å². The molecule has 0 saturated heterocycles. The van der Waals surface area contributed by atoms with Crippen molar-refractivity contribution in [2.45, 2.75) is 71.0 Å². The number of halogens is 6. The second kappa shape index (κ2) is 12.2. The molecule has 1 amide bonds. The number of benzene rings is 1. The number of carbonyl (C=O) groups excluding carboxylic acids is 2. The summed E-state index contributed by atoms with van der Waals surface area (Å²) < 4.78 is 96.3. The van der Waals surface area contributed by atoms with Gasteiger partial charge in [0.2, 0.25) is 0 Å². The SMILES string of the molecule is CCn1nc(C(=O)NCC2CCC(S(C)(=O)=O)CC2)c(Cl)c1-c1ccc(C(=O)C(C)(C)C(F)(F)F)cc1OC(F)F. The number of sulfone groups is 1. The van der Waals surface area contributed by atoms with Crippen LogP contribution in [0.2, 0.25) is 5.02 Å². The number of ketones is 1. The lowest BCUT2D eigenvalue weighted by atomic mass is 9.83. The molecule has 1 saturated carbocycles. The number of hydrogen-bond donors (Lipinski definition) is 1. The summed E-state index contributed by atoms with van der Waals surface area (Å²) in [6, 6.07) is 2.95. The van der Waals surface area contributed by atoms with Gasteiger partial charge in [0.1, 0.15) is 21.0 Å². The molecule has 0 bridgehead atoms. The molecule has 8 nitrogen and oxygen atoms in total. The van der Waals surface area contributed by atoms with Crippen molar-refractivity contribution in [3.8, 4) is 17.0 Å². The summed E-state index contributed by atoms with van der Waals surface area (Å²) in [5, 5.41) is 6.31. The van der Waals surface area contributed by atoms with E-state index in [9.17, 15) is 40.0 Å². The van der Waals surface area contributed by atoms with Crippen LogP contribution in [0.4, 0.5) is 22.0 Å². The highest BCUT2D eigenvalue weighted by Gasteiger charge is 2.53. The Balaban J connectivity index is 1.90. The normalized spacial score (nSPS) is 18.4. The third-order valence-corrected chi connectivity index (χ3v) is 9.39. The van der Waals surface area contributed by atoms with Gasteiger partial charge in [0, 0.05) is 30.5 Å². The average molecular weight is 628 g/mol. The lowest BCUT2D eigenvalue weighted by molar-refractivity contribution is -0.192. The van der Waals surface area contributed by atoms with Gasteiger partial charge in [-0.05, 0) is 64.5 Å². The van der Waals surface area contributed by atoms with Gasteiger partial charge in [-0.3, -0.25) is 14.3 Å². The van der Waals surface area contributed by atoms with E-state index in [-0.39, 0.29) is 41.0 Å². The van der Waals surface area contributed by atoms with Crippen molar-refractivity contribution in [3.05, 3.63) is 34.5 Å². The van der Waals surface area contributed by atoms with Crippen molar-refractivity contribution in [2.24, 2.45) is 11.3 Å². The fourth-order valence-corrected chi connectivity index (χ4v) is 6.15. The molecule has 1 N–H and O–H groups in total. The van der Waals surface area contributed by atoms with Gasteiger partial charge >= 0.3 is 12.8 Å². The van der Waals surface area contributed by atoms with Crippen molar-refractivity contribution in [3.63, 3.8) is 0 Å². The van der Waals surface area contributed by atoms with Crippen LogP contribution >= 0.6 is 11.6 Å². The number of aryl methyl sites for hydroxylation is 1. The maximum absolute atomic E-state index is 13.4. The van der Waals surface area contributed by atoms with Crippen LogP contribution in [0.3, 0.4) is 0 Å². The van der Waals surface area contributed by atoms with Crippen LogP contribution < -0.4 is 10.1 Å². The molecule has 0 spiro atoms. The van der Waals surface area contributed by atoms with E-state index in [1.165, 1.54) is 10.9 Å². The second-order valence-electron chi connectivity index (χ2n) is 10.6. The first-order valence-corrected chi connectivity index (χ1v) is 15.2. The molecule has 0 atom stereocenters. The largest absolute Gasteiger partial charge is 0.434 e. The lowest BCUT2D eigenvalue weighted by Gasteiger charge is -2.27. The Bertz CT molecular complexity index is 1400. The lowest BCUT2D eigenvalue weighted by Crippen LogP contribution is -2.39. The van der Waals surface area contributed by atoms with Crippen molar-refractivity contribution in [2.75, 3.05) is 12.8 Å². The van der Waals surface area contributed by atoms with E-state index in [4.69, 9.17) is 11.6 Å². The number of amides is 1. The molecule has 1 aromatic carbocycles. The van der Waals surface area contributed by atoms with Crippen LogP contribution in [-0.2, 0) is 16.4 Å². The van der Waals surface area contributed by atoms with E-state index >= 15 is 0 Å². The molecule has 1 aliphatic rings. The smallest absolute Gasteiger partial charge is 0.401 e. The predicted octanol–water partition coefficient (Wildman–Crippen LogP) is 5.93. The first-order valence-electron chi connectivity index (χ1n) is 12.8. The number of carbonyl (C=O) groups is 2. The van der Waals surface area contributed by atoms with Crippen LogP contribution in [0.25, 0.3) is 11.3 Å². The van der Waals surface area contributed by atoms with Crippen LogP contribution in [-0.4, -0.2) is 60.7 Å². The standard InChI is InChI=1S/C26H31ClF5N3O5S/c1-5-35-21(17-11-8-15(12-18(17)40-24(28)29)22(36)25(2,3)26(30,31)32)19(27)20(34-35)23(37)33-13-14-6-9-16(10-7-14)41(4,38)39/h8,11-12,14,16,24H,5-7,9-10,13H2,1-4H3,(H,33,37). The molecule has 2 aromatic rings. The molecule has 41 heavy (non-hydrogen) atoms. The Morgan fingerprint density at radius 1 is 1.17 bits per heavy atom. The molecule has 1 heterocycles. The molecule has 15 heteroatoms. The molecule has 1 aliphatic carbocycles. The van der Waals surface area contributed by atoms with E-state index in [1.54, 1.807) is 6.92 Å². The number of rotatable bonds is 10. The molecule has 228 valence electrons. The van der Waals surface area contributed by atoms with E-state index < -0.39 is 56.3 Å². The van der Waals surface area contributed by atoms with E-state index in [0.29, 0.717) is 39.5 Å². The summed E-state index contributed by atoms with van der Waals surface area (Å²) >= 11 is 6.50. The fourth-order valence-electron chi connectivity index (χ4n) is 4.70. The van der Waals surface area contributed by atoms with Gasteiger partial charge in [0.25, 0.3) is 5.91 Å². The molecule has 1 aromatic heterocycles. The van der Waals surface area contributed by atoms with Crippen molar-refractivity contribution >= 4 is 33.1 Å². The maximum Gasteiger partial charge on any atom is 0.401 e. The zero-order valence-electron chi connectivity index (χ0n) is 22.8. The first-order chi connectivity index (χ1) is 18.9. The summed E-state index contributed by atoms with van der Waals surface area (Å²) in [7, 11) is -3.14. The van der Waals surface area contributed by atoms with Gasteiger partial charge < -0.3 is 10.1 Å². The molecular formula is C26H31ClF5N3O5S. The predicted molar refractivity (Wildman–Crippen MR) is 142 cm³/mol. The van der Waals surface area contributed by atoms with Crippen molar-refractivity contribution in [1.29, 1.82) is 0 Å². The molecule has 1 fully saturated rings. The topological polar surface area (TPSA) is 107 Å². The van der Waals surface area contributed by atoms with Crippen molar-refractivity contribution in [1.82, 2.24) is 15.1 Å². The number of alkyl halides is 5. The Labute approximate surface area is 239 Å². The van der Waals surface area contributed by atoms with Gasteiger partial charge in [0.05, 0.1) is 16.0 Å². The molecule has 0 unspecified atom stereocenters. The number of hydrogen-bond acceptors (Lipinski definition) is 6. The van der Waals surface area contributed by atoms with Crippen LogP contribution in [0.5, 0.6) is 5.75 Å². The summed E-state index contributed by atoms with van der Waals surface area (Å²) in [4.78, 5) is 25.6. The number of Topliss-reactive ketones (excluding diaryl/α,β-unsaturated/α-hetero) is 1. The zero-order valence-corrected chi connectivity index (χ0v) is 24.4. The van der Waals surface area contributed by atoms with Crippen LogP contribution in [0, 0.1) is 11.3 Å². The Morgan fingerprint density at radius 3 is 2.29 bits per heavy atom. The fraction of sp³-hybridized carbons (Fsp3) is 0.577.